The van der Waals surface area contributed by atoms with Gasteiger partial charge in [-0.05, 0) is 37.8 Å². The van der Waals surface area contributed by atoms with Crippen molar-refractivity contribution in [1.82, 2.24) is 5.32 Å². The number of amides is 1. The van der Waals surface area contributed by atoms with Crippen LogP contribution >= 0.6 is 0 Å². The van der Waals surface area contributed by atoms with E-state index in [0.717, 1.165) is 12.8 Å². The van der Waals surface area contributed by atoms with Gasteiger partial charge in [-0.3, -0.25) is 4.79 Å². The second kappa shape index (κ2) is 4.06. The average molecular weight is 209 g/mol. The van der Waals surface area contributed by atoms with Crippen molar-refractivity contribution in [2.24, 2.45) is 0 Å². The van der Waals surface area contributed by atoms with E-state index in [1.54, 1.807) is 18.4 Å². The predicted molar refractivity (Wildman–Crippen MR) is 54.0 cm³/mol. The molecule has 1 amide bonds. The van der Waals surface area contributed by atoms with Gasteiger partial charge in [-0.25, -0.2) is 0 Å². The van der Waals surface area contributed by atoms with Crippen molar-refractivity contribution >= 4 is 5.91 Å². The number of nitrogens with one attached hydrogen (secondary N) is 1. The third-order valence-electron chi connectivity index (χ3n) is 2.86. The van der Waals surface area contributed by atoms with E-state index in [2.05, 4.69) is 5.32 Å². The van der Waals surface area contributed by atoms with Crippen LogP contribution in [0.3, 0.4) is 0 Å². The highest BCUT2D eigenvalue weighted by molar-refractivity contribution is 5.85. The van der Waals surface area contributed by atoms with Crippen molar-refractivity contribution in [2.45, 2.75) is 37.8 Å². The summed E-state index contributed by atoms with van der Waals surface area (Å²) in [5, 5.41) is 12.6. The van der Waals surface area contributed by atoms with Crippen molar-refractivity contribution in [2.75, 3.05) is 0 Å². The van der Waals surface area contributed by atoms with Gasteiger partial charge in [0.05, 0.1) is 12.8 Å². The maximum Gasteiger partial charge on any atom is 0.252 e. The van der Waals surface area contributed by atoms with Crippen LogP contribution in [0.15, 0.2) is 22.8 Å². The Balaban J connectivity index is 1.87. The topological polar surface area (TPSA) is 62.5 Å². The normalized spacial score (nSPS) is 19.0. The molecule has 1 aromatic heterocycles. The molecule has 1 saturated carbocycles. The van der Waals surface area contributed by atoms with Gasteiger partial charge in [0, 0.05) is 0 Å². The SMILES string of the molecule is O=C(NCc1ccco1)C1(O)CCCC1. The maximum absolute atomic E-state index is 11.7. The summed E-state index contributed by atoms with van der Waals surface area (Å²) in [6.07, 6.45) is 4.54. The number of carbonyl (C=O) groups excluding carboxylic acids is 1. The van der Waals surface area contributed by atoms with E-state index in [-0.39, 0.29) is 5.91 Å². The van der Waals surface area contributed by atoms with Crippen molar-refractivity contribution < 1.29 is 14.3 Å². The number of aliphatic hydroxyl groups is 1. The van der Waals surface area contributed by atoms with Gasteiger partial charge in [0.2, 0.25) is 0 Å². The van der Waals surface area contributed by atoms with E-state index in [1.165, 1.54) is 0 Å². The summed E-state index contributed by atoms with van der Waals surface area (Å²) in [5.74, 6) is 0.418. The molecule has 0 bridgehead atoms. The molecule has 1 aromatic rings. The molecule has 0 spiro atoms. The number of hydrogen-bond acceptors (Lipinski definition) is 3. The summed E-state index contributed by atoms with van der Waals surface area (Å²) >= 11 is 0. The summed E-state index contributed by atoms with van der Waals surface area (Å²) < 4.78 is 5.08. The standard InChI is InChI=1S/C11H15NO3/c13-10(11(14)5-1-2-6-11)12-8-9-4-3-7-15-9/h3-4,7,14H,1-2,5-6,8H2,(H,12,13). The Kier molecular flexibility index (Phi) is 2.77. The van der Waals surface area contributed by atoms with Gasteiger partial charge in [-0.2, -0.15) is 0 Å². The van der Waals surface area contributed by atoms with Crippen LogP contribution in [0.2, 0.25) is 0 Å². The third-order valence-corrected chi connectivity index (χ3v) is 2.86. The minimum Gasteiger partial charge on any atom is -0.467 e. The van der Waals surface area contributed by atoms with Gasteiger partial charge in [-0.15, -0.1) is 0 Å². The number of hydrogen-bond donors (Lipinski definition) is 2. The molecule has 82 valence electrons. The fourth-order valence-corrected chi connectivity index (χ4v) is 1.93. The van der Waals surface area contributed by atoms with E-state index in [0.29, 0.717) is 25.1 Å². The van der Waals surface area contributed by atoms with E-state index in [4.69, 9.17) is 4.42 Å². The Morgan fingerprint density at radius 2 is 2.27 bits per heavy atom. The Morgan fingerprint density at radius 3 is 2.87 bits per heavy atom. The molecule has 0 atom stereocenters. The monoisotopic (exact) mass is 209 g/mol. The van der Waals surface area contributed by atoms with Crippen molar-refractivity contribution in [3.05, 3.63) is 24.2 Å². The smallest absolute Gasteiger partial charge is 0.252 e. The van der Waals surface area contributed by atoms with Crippen LogP contribution in [0.1, 0.15) is 31.4 Å². The van der Waals surface area contributed by atoms with Crippen LogP contribution < -0.4 is 5.32 Å². The van der Waals surface area contributed by atoms with Gasteiger partial charge in [0.25, 0.3) is 5.91 Å². The molecule has 4 heteroatoms. The Bertz CT molecular complexity index is 326. The zero-order valence-electron chi connectivity index (χ0n) is 8.53. The molecule has 4 nitrogen and oxygen atoms in total. The Labute approximate surface area is 88.3 Å². The number of furan rings is 1. The highest BCUT2D eigenvalue weighted by Crippen LogP contribution is 2.29. The third kappa shape index (κ3) is 2.21. The first kappa shape index (κ1) is 10.2. The van der Waals surface area contributed by atoms with Gasteiger partial charge in [0.15, 0.2) is 0 Å². The first-order chi connectivity index (χ1) is 7.21. The zero-order valence-corrected chi connectivity index (χ0v) is 8.53. The zero-order chi connectivity index (χ0) is 10.7. The summed E-state index contributed by atoms with van der Waals surface area (Å²) in [7, 11) is 0. The molecule has 0 aromatic carbocycles. The molecule has 1 aliphatic rings. The molecule has 0 radical (unpaired) electrons. The van der Waals surface area contributed by atoms with Crippen LogP contribution in [-0.2, 0) is 11.3 Å². The summed E-state index contributed by atoms with van der Waals surface area (Å²) in [6, 6.07) is 3.56. The molecule has 15 heavy (non-hydrogen) atoms. The van der Waals surface area contributed by atoms with Gasteiger partial charge < -0.3 is 14.8 Å². The van der Waals surface area contributed by atoms with Crippen LogP contribution in [0.4, 0.5) is 0 Å². The molecular weight excluding hydrogens is 194 g/mol. The summed E-state index contributed by atoms with van der Waals surface area (Å²) in [6.45, 7) is 0.341. The fourth-order valence-electron chi connectivity index (χ4n) is 1.93. The largest absolute Gasteiger partial charge is 0.467 e. The van der Waals surface area contributed by atoms with Crippen molar-refractivity contribution in [1.29, 1.82) is 0 Å². The minimum atomic E-state index is -1.15. The lowest BCUT2D eigenvalue weighted by atomic mass is 10.0. The average Bonchev–Trinajstić information content (AvgIpc) is 2.85. The highest BCUT2D eigenvalue weighted by Gasteiger charge is 2.38. The van der Waals surface area contributed by atoms with Crippen LogP contribution in [0.25, 0.3) is 0 Å². The fraction of sp³-hybridized carbons (Fsp3) is 0.545. The minimum absolute atomic E-state index is 0.281. The molecule has 1 heterocycles. The van der Waals surface area contributed by atoms with E-state index in [9.17, 15) is 9.90 Å². The van der Waals surface area contributed by atoms with Crippen LogP contribution in [-0.4, -0.2) is 16.6 Å². The highest BCUT2D eigenvalue weighted by atomic mass is 16.3. The first-order valence-electron chi connectivity index (χ1n) is 5.24. The second-order valence-electron chi connectivity index (χ2n) is 4.00. The predicted octanol–water partition coefficient (Wildman–Crippen LogP) is 1.20. The molecule has 0 unspecified atom stereocenters. The quantitative estimate of drug-likeness (QED) is 0.786. The van der Waals surface area contributed by atoms with Crippen LogP contribution in [0.5, 0.6) is 0 Å². The second-order valence-corrected chi connectivity index (χ2v) is 4.00. The number of rotatable bonds is 3. The lowest BCUT2D eigenvalue weighted by molar-refractivity contribution is -0.139. The van der Waals surface area contributed by atoms with Gasteiger partial charge >= 0.3 is 0 Å². The first-order valence-corrected chi connectivity index (χ1v) is 5.24. The van der Waals surface area contributed by atoms with Gasteiger partial charge in [0.1, 0.15) is 11.4 Å². The molecule has 1 aliphatic carbocycles. The molecular formula is C11H15NO3. The number of carbonyl (C=O) groups is 1. The maximum atomic E-state index is 11.7. The summed E-state index contributed by atoms with van der Waals surface area (Å²) in [4.78, 5) is 11.7. The molecule has 2 rings (SSSR count). The summed E-state index contributed by atoms with van der Waals surface area (Å²) in [5.41, 5.74) is -1.15. The Hall–Kier alpha value is -1.29. The molecule has 0 saturated heterocycles. The van der Waals surface area contributed by atoms with E-state index in [1.807, 2.05) is 0 Å². The Morgan fingerprint density at radius 1 is 1.53 bits per heavy atom. The molecule has 2 N–H and O–H groups in total. The molecule has 0 aliphatic heterocycles. The van der Waals surface area contributed by atoms with Crippen molar-refractivity contribution in [3.63, 3.8) is 0 Å². The lowest BCUT2D eigenvalue weighted by Gasteiger charge is -2.20. The van der Waals surface area contributed by atoms with Gasteiger partial charge in [-0.1, -0.05) is 0 Å². The van der Waals surface area contributed by atoms with Crippen LogP contribution in [0, 0.1) is 0 Å². The van der Waals surface area contributed by atoms with E-state index < -0.39 is 5.60 Å². The van der Waals surface area contributed by atoms with E-state index >= 15 is 0 Å². The lowest BCUT2D eigenvalue weighted by Crippen LogP contribution is -2.44. The molecule has 1 fully saturated rings. The van der Waals surface area contributed by atoms with Crippen molar-refractivity contribution in [3.8, 4) is 0 Å².